The average Bonchev–Trinajstić information content (AvgIpc) is 3.52. The summed E-state index contributed by atoms with van der Waals surface area (Å²) in [7, 11) is 0. The molecule has 7 atom stereocenters. The van der Waals surface area contributed by atoms with Crippen LogP contribution in [-0.2, 0) is 20.9 Å². The van der Waals surface area contributed by atoms with Gasteiger partial charge in [-0.15, -0.1) is 24.9 Å². The van der Waals surface area contributed by atoms with Gasteiger partial charge in [0, 0.05) is 29.9 Å². The number of likely N-dealkylation sites (tertiary alicyclic amines) is 1. The van der Waals surface area contributed by atoms with Crippen LogP contribution in [0.2, 0.25) is 0 Å². The molecule has 0 radical (unpaired) electrons. The van der Waals surface area contributed by atoms with Gasteiger partial charge in [0.1, 0.15) is 6.04 Å². The number of nitrogens with zero attached hydrogens (tertiary/aromatic N) is 3. The molecule has 8 heteroatoms. The molecule has 2 bridgehead atoms. The minimum Gasteiger partial charge on any atom is -0.394 e. The van der Waals surface area contributed by atoms with Gasteiger partial charge in [-0.3, -0.25) is 14.4 Å². The van der Waals surface area contributed by atoms with Crippen molar-refractivity contribution in [3.63, 3.8) is 0 Å². The lowest BCUT2D eigenvalue weighted by Crippen LogP contribution is -2.61. The molecule has 7 nitrogen and oxygen atoms in total. The van der Waals surface area contributed by atoms with Gasteiger partial charge in [0.05, 0.1) is 29.2 Å². The van der Waals surface area contributed by atoms with Crippen LogP contribution in [0.1, 0.15) is 66.4 Å². The third kappa shape index (κ3) is 5.34. The highest BCUT2D eigenvalue weighted by Crippen LogP contribution is 2.72. The zero-order valence-corrected chi connectivity index (χ0v) is 27.0. The van der Waals surface area contributed by atoms with Crippen LogP contribution in [0.25, 0.3) is 0 Å². The molecule has 3 amide bonds. The Morgan fingerprint density at radius 2 is 1.79 bits per heavy atom. The first-order valence-corrected chi connectivity index (χ1v) is 16.1. The van der Waals surface area contributed by atoms with Crippen LogP contribution < -0.4 is 0 Å². The van der Waals surface area contributed by atoms with Gasteiger partial charge in [-0.05, 0) is 52.0 Å². The third-order valence-corrected chi connectivity index (χ3v) is 11.8. The molecule has 1 aromatic rings. The number of aliphatic hydroxyl groups is 1. The second-order valence-electron chi connectivity index (χ2n) is 13.5. The van der Waals surface area contributed by atoms with Crippen molar-refractivity contribution in [3.05, 3.63) is 61.2 Å². The molecule has 3 aliphatic heterocycles. The van der Waals surface area contributed by atoms with Crippen LogP contribution in [0.15, 0.2) is 55.6 Å². The SMILES string of the molecule is C=CCN(Cc1ccccc1)C(=O)[C@@H]1[C@H]2C(=O)N([C@@H](CO)[C@@H](C)CC)C(C(=O)N(CC=C)C(C)(C)C)C23CC[C@@]1(C)S3. The van der Waals surface area contributed by atoms with Gasteiger partial charge < -0.3 is 19.8 Å². The van der Waals surface area contributed by atoms with Crippen LogP contribution in [0, 0.1) is 17.8 Å². The molecular weight excluding hydrogens is 546 g/mol. The molecule has 3 saturated heterocycles. The molecule has 0 aromatic heterocycles. The summed E-state index contributed by atoms with van der Waals surface area (Å²) < 4.78 is -1.23. The van der Waals surface area contributed by atoms with E-state index in [0.29, 0.717) is 26.1 Å². The van der Waals surface area contributed by atoms with Crippen molar-refractivity contribution < 1.29 is 19.5 Å². The maximum absolute atomic E-state index is 14.8. The fourth-order valence-electron chi connectivity index (χ4n) is 7.55. The lowest BCUT2D eigenvalue weighted by atomic mass is 9.66. The zero-order chi connectivity index (χ0) is 31.0. The van der Waals surface area contributed by atoms with Crippen molar-refractivity contribution in [2.75, 3.05) is 19.7 Å². The van der Waals surface area contributed by atoms with Gasteiger partial charge in [0.15, 0.2) is 0 Å². The highest BCUT2D eigenvalue weighted by Gasteiger charge is 2.78. The highest BCUT2D eigenvalue weighted by atomic mass is 32.2. The number of rotatable bonds is 12. The molecule has 3 aliphatic rings. The molecule has 4 rings (SSSR count). The quantitative estimate of drug-likeness (QED) is 0.348. The number of carbonyl (C=O) groups excluding carboxylic acids is 3. The van der Waals surface area contributed by atoms with Crippen molar-refractivity contribution in [3.8, 4) is 0 Å². The van der Waals surface area contributed by atoms with E-state index in [1.807, 2.05) is 65.0 Å². The van der Waals surface area contributed by atoms with E-state index in [0.717, 1.165) is 18.4 Å². The van der Waals surface area contributed by atoms with Gasteiger partial charge in [-0.2, -0.15) is 0 Å². The number of thioether (sulfide) groups is 1. The molecular formula is C34H49N3O4S. The number of aliphatic hydroxyl groups excluding tert-OH is 1. The topological polar surface area (TPSA) is 81.2 Å². The summed E-state index contributed by atoms with van der Waals surface area (Å²) in [6, 6.07) is 8.57. The molecule has 0 aliphatic carbocycles. The van der Waals surface area contributed by atoms with E-state index in [1.165, 1.54) is 0 Å². The molecule has 1 N–H and O–H groups in total. The van der Waals surface area contributed by atoms with Crippen LogP contribution in [0.4, 0.5) is 0 Å². The summed E-state index contributed by atoms with van der Waals surface area (Å²) in [6.45, 7) is 20.9. The number of hydrogen-bond donors (Lipinski definition) is 1. The minimum absolute atomic E-state index is 0.0192. The maximum atomic E-state index is 14.8. The predicted molar refractivity (Wildman–Crippen MR) is 170 cm³/mol. The minimum atomic E-state index is -0.771. The average molecular weight is 596 g/mol. The lowest BCUT2D eigenvalue weighted by Gasteiger charge is -2.44. The fourth-order valence-corrected chi connectivity index (χ4v) is 9.88. The maximum Gasteiger partial charge on any atom is 0.247 e. The number of hydrogen-bond acceptors (Lipinski definition) is 5. The van der Waals surface area contributed by atoms with Gasteiger partial charge >= 0.3 is 0 Å². The van der Waals surface area contributed by atoms with Crippen molar-refractivity contribution in [1.82, 2.24) is 14.7 Å². The molecule has 42 heavy (non-hydrogen) atoms. The summed E-state index contributed by atoms with van der Waals surface area (Å²) in [5, 5.41) is 10.7. The summed E-state index contributed by atoms with van der Waals surface area (Å²) in [5.41, 5.74) is 0.509. The van der Waals surface area contributed by atoms with E-state index in [4.69, 9.17) is 0 Å². The molecule has 230 valence electrons. The van der Waals surface area contributed by atoms with Gasteiger partial charge in [0.25, 0.3) is 0 Å². The Bertz CT molecular complexity index is 1200. The number of carbonyl (C=O) groups is 3. The van der Waals surface area contributed by atoms with E-state index < -0.39 is 39.0 Å². The Labute approximate surface area is 256 Å². The summed E-state index contributed by atoms with van der Waals surface area (Å²) in [4.78, 5) is 49.4. The first kappa shape index (κ1) is 32.3. The standard InChI is InChI=1S/C34H49N3O4S/c1-9-19-35(21-24-15-13-12-14-16-24)29(39)26-27-30(40)37(25(22-38)23(4)11-3)28(34(27)18-17-33(26,8)42-34)31(41)36(20-10-2)32(5,6)7/h9-10,12-16,23,25-28,38H,1-2,11,17-22H2,3-8H3/t23-,25-,26-,27-,28?,33+,34?/m0/s1. The Hall–Kier alpha value is -2.58. The second kappa shape index (κ2) is 12.2. The summed E-state index contributed by atoms with van der Waals surface area (Å²) in [5.74, 6) is -1.61. The normalized spacial score (nSPS) is 29.6. The van der Waals surface area contributed by atoms with E-state index in [2.05, 4.69) is 20.1 Å². The van der Waals surface area contributed by atoms with Gasteiger partial charge in [0.2, 0.25) is 17.7 Å². The highest BCUT2D eigenvalue weighted by molar-refractivity contribution is 8.02. The molecule has 3 fully saturated rings. The zero-order valence-electron chi connectivity index (χ0n) is 26.2. The van der Waals surface area contributed by atoms with Crippen LogP contribution in [0.3, 0.4) is 0 Å². The van der Waals surface area contributed by atoms with Crippen LogP contribution in [0.5, 0.6) is 0 Å². The van der Waals surface area contributed by atoms with Gasteiger partial charge in [-0.1, -0.05) is 62.8 Å². The largest absolute Gasteiger partial charge is 0.394 e. The third-order valence-electron chi connectivity index (χ3n) is 9.82. The van der Waals surface area contributed by atoms with E-state index in [1.54, 1.807) is 38.6 Å². The fraction of sp³-hybridized carbons (Fsp3) is 0.618. The van der Waals surface area contributed by atoms with E-state index >= 15 is 0 Å². The van der Waals surface area contributed by atoms with Crippen LogP contribution in [-0.4, -0.2) is 84.3 Å². The first-order valence-electron chi connectivity index (χ1n) is 15.3. The molecule has 0 saturated carbocycles. The van der Waals surface area contributed by atoms with Crippen LogP contribution >= 0.6 is 11.8 Å². The number of benzene rings is 1. The molecule has 2 unspecified atom stereocenters. The number of fused-ring (bicyclic) bond motifs is 1. The van der Waals surface area contributed by atoms with Gasteiger partial charge in [-0.25, -0.2) is 0 Å². The lowest BCUT2D eigenvalue weighted by molar-refractivity contribution is -0.150. The number of amides is 3. The summed E-state index contributed by atoms with van der Waals surface area (Å²) in [6.07, 6.45) is 5.62. The smallest absolute Gasteiger partial charge is 0.247 e. The van der Waals surface area contributed by atoms with Crippen molar-refractivity contribution >= 4 is 29.5 Å². The Kier molecular flexibility index (Phi) is 9.39. The van der Waals surface area contributed by atoms with Crippen molar-refractivity contribution in [2.45, 2.75) is 94.5 Å². The van der Waals surface area contributed by atoms with Crippen molar-refractivity contribution in [2.24, 2.45) is 17.8 Å². The van der Waals surface area contributed by atoms with E-state index in [-0.39, 0.29) is 30.2 Å². The summed E-state index contributed by atoms with van der Waals surface area (Å²) >= 11 is 1.68. The molecule has 1 spiro atoms. The van der Waals surface area contributed by atoms with E-state index in [9.17, 15) is 19.5 Å². The second-order valence-corrected chi connectivity index (χ2v) is 15.4. The molecule has 3 heterocycles. The molecule has 1 aromatic carbocycles. The van der Waals surface area contributed by atoms with Crippen molar-refractivity contribution in [1.29, 1.82) is 0 Å². The monoisotopic (exact) mass is 595 g/mol. The Morgan fingerprint density at radius 1 is 1.14 bits per heavy atom. The predicted octanol–water partition coefficient (Wildman–Crippen LogP) is 4.90. The Morgan fingerprint density at radius 3 is 2.33 bits per heavy atom. The Balaban J connectivity index is 1.83. The first-order chi connectivity index (χ1) is 19.8.